The Bertz CT molecular complexity index is 187. The molecule has 0 spiro atoms. The zero-order chi connectivity index (χ0) is 11.0. The first-order chi connectivity index (χ1) is 6.61. The molecule has 0 rings (SSSR count). The van der Waals surface area contributed by atoms with E-state index in [0.29, 0.717) is 5.92 Å². The van der Waals surface area contributed by atoms with Crippen molar-refractivity contribution < 1.29 is 0 Å². The molecular weight excluding hydrogens is 188 g/mol. The van der Waals surface area contributed by atoms with Crippen molar-refractivity contribution in [2.45, 2.75) is 53.4 Å². The van der Waals surface area contributed by atoms with E-state index in [1.807, 2.05) is 11.8 Å². The summed E-state index contributed by atoms with van der Waals surface area (Å²) >= 11 is 1.81. The van der Waals surface area contributed by atoms with E-state index in [4.69, 9.17) is 0 Å². The third-order valence-corrected chi connectivity index (χ3v) is 3.53. The molecule has 82 valence electrons. The second-order valence-electron chi connectivity index (χ2n) is 4.03. The molecule has 0 saturated heterocycles. The van der Waals surface area contributed by atoms with Crippen molar-refractivity contribution in [3.8, 4) is 0 Å². The number of thioether (sulfide) groups is 1. The van der Waals surface area contributed by atoms with Gasteiger partial charge in [0, 0.05) is 0 Å². The lowest BCUT2D eigenvalue weighted by molar-refractivity contribution is 0.535. The summed E-state index contributed by atoms with van der Waals surface area (Å²) in [7, 11) is 0. The van der Waals surface area contributed by atoms with Crippen LogP contribution in [0.3, 0.4) is 0 Å². The second kappa shape index (κ2) is 8.16. The van der Waals surface area contributed by atoms with Crippen molar-refractivity contribution >= 4 is 11.8 Å². The first-order valence-electron chi connectivity index (χ1n) is 5.60. The number of hydrogen-bond acceptors (Lipinski definition) is 1. The lowest BCUT2D eigenvalue weighted by Gasteiger charge is -2.15. The van der Waals surface area contributed by atoms with E-state index in [-0.39, 0.29) is 0 Å². The molecule has 0 fully saturated rings. The van der Waals surface area contributed by atoms with Gasteiger partial charge in [-0.2, -0.15) is 0 Å². The predicted octanol–water partition coefficient (Wildman–Crippen LogP) is 5.37. The molecule has 0 saturated carbocycles. The largest absolute Gasteiger partial charge is 0.103 e. The highest BCUT2D eigenvalue weighted by Crippen LogP contribution is 2.30. The zero-order valence-corrected chi connectivity index (χ0v) is 10.9. The number of unbranched alkanes of at least 4 members (excludes halogenated alkanes) is 1. The highest BCUT2D eigenvalue weighted by atomic mass is 32.2. The first-order valence-corrected chi connectivity index (χ1v) is 6.48. The van der Waals surface area contributed by atoms with Crippen molar-refractivity contribution in [3.63, 3.8) is 0 Å². The summed E-state index contributed by atoms with van der Waals surface area (Å²) < 4.78 is 0. The summed E-state index contributed by atoms with van der Waals surface area (Å²) in [5, 5.41) is 2.21. The molecule has 0 amide bonds. The molecule has 0 aromatic rings. The molecule has 0 radical (unpaired) electrons. The molecule has 0 aromatic carbocycles. The van der Waals surface area contributed by atoms with Gasteiger partial charge < -0.3 is 0 Å². The number of rotatable bonds is 7. The minimum absolute atomic E-state index is 0.704. The Morgan fingerprint density at radius 3 is 2.43 bits per heavy atom. The van der Waals surface area contributed by atoms with Gasteiger partial charge in [-0.05, 0) is 42.9 Å². The average molecular weight is 212 g/mol. The van der Waals surface area contributed by atoms with Crippen molar-refractivity contribution in [2.24, 2.45) is 5.92 Å². The lowest BCUT2D eigenvalue weighted by Crippen LogP contribution is -1.98. The van der Waals surface area contributed by atoms with Crippen LogP contribution in [0.2, 0.25) is 0 Å². The molecule has 1 unspecified atom stereocenters. The SMILES string of the molecule is C=C(SC=C(C)C)C(CC)CCCC. The van der Waals surface area contributed by atoms with Gasteiger partial charge in [-0.15, -0.1) is 11.8 Å². The molecular formula is C13H24S. The fourth-order valence-electron chi connectivity index (χ4n) is 1.33. The maximum Gasteiger partial charge on any atom is -0.0107 e. The normalized spacial score (nSPS) is 12.3. The quantitative estimate of drug-likeness (QED) is 0.546. The topological polar surface area (TPSA) is 0 Å². The van der Waals surface area contributed by atoms with E-state index in [0.717, 1.165) is 0 Å². The Morgan fingerprint density at radius 2 is 2.00 bits per heavy atom. The molecule has 0 N–H and O–H groups in total. The van der Waals surface area contributed by atoms with Gasteiger partial charge in [0.1, 0.15) is 0 Å². The predicted molar refractivity (Wildman–Crippen MR) is 69.5 cm³/mol. The maximum absolute atomic E-state index is 4.17. The minimum atomic E-state index is 0.704. The summed E-state index contributed by atoms with van der Waals surface area (Å²) in [4.78, 5) is 1.34. The van der Waals surface area contributed by atoms with Crippen LogP contribution in [0, 0.1) is 5.92 Å². The minimum Gasteiger partial charge on any atom is -0.103 e. The molecule has 0 nitrogen and oxygen atoms in total. The molecule has 1 heteroatoms. The van der Waals surface area contributed by atoms with Crippen LogP contribution >= 0.6 is 11.8 Å². The molecule has 0 heterocycles. The molecule has 0 bridgehead atoms. The van der Waals surface area contributed by atoms with E-state index in [1.165, 1.54) is 36.2 Å². The van der Waals surface area contributed by atoms with Gasteiger partial charge in [-0.3, -0.25) is 0 Å². The van der Waals surface area contributed by atoms with Gasteiger partial charge in [0.25, 0.3) is 0 Å². The van der Waals surface area contributed by atoms with Crippen molar-refractivity contribution in [1.82, 2.24) is 0 Å². The van der Waals surface area contributed by atoms with Gasteiger partial charge in [0.15, 0.2) is 0 Å². The smallest absolute Gasteiger partial charge is 0.0107 e. The fourth-order valence-corrected chi connectivity index (χ4v) is 2.20. The van der Waals surface area contributed by atoms with Crippen LogP contribution < -0.4 is 0 Å². The van der Waals surface area contributed by atoms with Crippen LogP contribution in [-0.4, -0.2) is 0 Å². The second-order valence-corrected chi connectivity index (χ2v) is 5.02. The highest BCUT2D eigenvalue weighted by Gasteiger charge is 2.09. The van der Waals surface area contributed by atoms with Gasteiger partial charge >= 0.3 is 0 Å². The fraction of sp³-hybridized carbons (Fsp3) is 0.692. The van der Waals surface area contributed by atoms with Crippen LogP contribution in [0.15, 0.2) is 22.5 Å². The summed E-state index contributed by atoms with van der Waals surface area (Å²) in [5.74, 6) is 0.704. The van der Waals surface area contributed by atoms with Crippen molar-refractivity contribution in [3.05, 3.63) is 22.5 Å². The van der Waals surface area contributed by atoms with E-state index in [1.54, 1.807) is 0 Å². The number of allylic oxidation sites excluding steroid dienone is 2. The molecule has 0 aliphatic rings. The molecule has 0 aliphatic heterocycles. The number of hydrogen-bond donors (Lipinski definition) is 0. The monoisotopic (exact) mass is 212 g/mol. The lowest BCUT2D eigenvalue weighted by atomic mass is 9.99. The standard InChI is InChI=1S/C13H24S/c1-6-8-9-13(7-2)12(5)14-10-11(3)4/h10,13H,5-9H2,1-4H3. The summed E-state index contributed by atoms with van der Waals surface area (Å²) in [5.41, 5.74) is 1.36. The van der Waals surface area contributed by atoms with Gasteiger partial charge in [0.2, 0.25) is 0 Å². The Labute approximate surface area is 93.9 Å². The molecule has 0 aliphatic carbocycles. The van der Waals surface area contributed by atoms with Crippen molar-refractivity contribution in [1.29, 1.82) is 0 Å². The van der Waals surface area contributed by atoms with Crippen LogP contribution in [-0.2, 0) is 0 Å². The van der Waals surface area contributed by atoms with Crippen molar-refractivity contribution in [2.75, 3.05) is 0 Å². The summed E-state index contributed by atoms with van der Waals surface area (Å²) in [6.07, 6.45) is 5.14. The van der Waals surface area contributed by atoms with E-state index >= 15 is 0 Å². The van der Waals surface area contributed by atoms with E-state index in [9.17, 15) is 0 Å². The van der Waals surface area contributed by atoms with Crippen LogP contribution in [0.25, 0.3) is 0 Å². The first kappa shape index (κ1) is 13.8. The third-order valence-electron chi connectivity index (χ3n) is 2.30. The average Bonchev–Trinajstić information content (AvgIpc) is 2.16. The van der Waals surface area contributed by atoms with Gasteiger partial charge in [-0.1, -0.05) is 38.8 Å². The third kappa shape index (κ3) is 6.31. The van der Waals surface area contributed by atoms with E-state index in [2.05, 4.69) is 39.7 Å². The summed E-state index contributed by atoms with van der Waals surface area (Å²) in [6, 6.07) is 0. The molecule has 14 heavy (non-hydrogen) atoms. The van der Waals surface area contributed by atoms with E-state index < -0.39 is 0 Å². The van der Waals surface area contributed by atoms with Crippen LogP contribution in [0.4, 0.5) is 0 Å². The van der Waals surface area contributed by atoms with Crippen LogP contribution in [0.5, 0.6) is 0 Å². The Kier molecular flexibility index (Phi) is 8.07. The molecule has 0 aromatic heterocycles. The zero-order valence-electron chi connectivity index (χ0n) is 10.1. The highest BCUT2D eigenvalue weighted by molar-refractivity contribution is 8.05. The summed E-state index contributed by atoms with van der Waals surface area (Å²) in [6.45, 7) is 12.9. The van der Waals surface area contributed by atoms with Crippen LogP contribution in [0.1, 0.15) is 53.4 Å². The van der Waals surface area contributed by atoms with Gasteiger partial charge in [0.05, 0.1) is 0 Å². The Balaban J connectivity index is 3.97. The Morgan fingerprint density at radius 1 is 1.36 bits per heavy atom. The van der Waals surface area contributed by atoms with Gasteiger partial charge in [-0.25, -0.2) is 0 Å². The molecule has 1 atom stereocenters. The maximum atomic E-state index is 4.17. The Hall–Kier alpha value is -0.170.